The predicted octanol–water partition coefficient (Wildman–Crippen LogP) is 3.58. The summed E-state index contributed by atoms with van der Waals surface area (Å²) in [6, 6.07) is 14.2. The number of halogens is 2. The molecule has 0 spiro atoms. The highest BCUT2D eigenvalue weighted by Crippen LogP contribution is 2.15. The van der Waals surface area contributed by atoms with Gasteiger partial charge < -0.3 is 16.0 Å². The fourth-order valence-corrected chi connectivity index (χ4v) is 2.58. The molecule has 3 amide bonds. The van der Waals surface area contributed by atoms with Crippen LogP contribution in [0.2, 0.25) is 5.02 Å². The predicted molar refractivity (Wildman–Crippen MR) is 99.3 cm³/mol. The molecule has 0 aromatic heterocycles. The highest BCUT2D eigenvalue weighted by atomic mass is 79.9. The zero-order valence-electron chi connectivity index (χ0n) is 12.8. The first-order valence-electron chi connectivity index (χ1n) is 7.35. The third-order valence-electron chi connectivity index (χ3n) is 3.18. The minimum atomic E-state index is -0.381. The van der Waals surface area contributed by atoms with Crippen LogP contribution in [0.5, 0.6) is 0 Å². The van der Waals surface area contributed by atoms with Gasteiger partial charge >= 0.3 is 6.03 Å². The molecule has 0 fully saturated rings. The van der Waals surface area contributed by atoms with E-state index in [9.17, 15) is 9.59 Å². The Hall–Kier alpha value is -2.05. The van der Waals surface area contributed by atoms with Gasteiger partial charge in [-0.1, -0.05) is 45.7 Å². The molecule has 0 aliphatic heterocycles. The van der Waals surface area contributed by atoms with Crippen molar-refractivity contribution in [3.63, 3.8) is 0 Å². The number of amides is 3. The quantitative estimate of drug-likeness (QED) is 0.681. The monoisotopic (exact) mass is 409 g/mol. The van der Waals surface area contributed by atoms with Crippen LogP contribution >= 0.6 is 27.5 Å². The van der Waals surface area contributed by atoms with Crippen molar-refractivity contribution in [3.05, 3.63) is 63.6 Å². The van der Waals surface area contributed by atoms with Crippen molar-refractivity contribution in [3.8, 4) is 0 Å². The Morgan fingerprint density at radius 3 is 2.42 bits per heavy atom. The van der Waals surface area contributed by atoms with Crippen LogP contribution in [0.15, 0.2) is 53.0 Å². The van der Waals surface area contributed by atoms with Gasteiger partial charge in [0.15, 0.2) is 0 Å². The summed E-state index contributed by atoms with van der Waals surface area (Å²) in [6.07, 6.45) is 0.700. The first kappa shape index (κ1) is 18.3. The molecule has 126 valence electrons. The smallest absolute Gasteiger partial charge is 0.315 e. The van der Waals surface area contributed by atoms with Gasteiger partial charge in [-0.05, 0) is 42.3 Å². The zero-order chi connectivity index (χ0) is 17.4. The summed E-state index contributed by atoms with van der Waals surface area (Å²) in [5.74, 6) is -0.307. The van der Waals surface area contributed by atoms with Gasteiger partial charge in [0.2, 0.25) is 5.91 Å². The molecule has 2 aromatic rings. The molecule has 5 nitrogen and oxygen atoms in total. The van der Waals surface area contributed by atoms with Crippen LogP contribution in [0.3, 0.4) is 0 Å². The van der Waals surface area contributed by atoms with E-state index in [2.05, 4.69) is 31.9 Å². The minimum absolute atomic E-state index is 0.108. The second-order valence-electron chi connectivity index (χ2n) is 5.01. The molecular weight excluding hydrogens is 394 g/mol. The van der Waals surface area contributed by atoms with E-state index in [1.165, 1.54) is 0 Å². The van der Waals surface area contributed by atoms with Crippen LogP contribution in [0.25, 0.3) is 0 Å². The SMILES string of the molecule is O=C(CNC(=O)NCCc1ccccc1Br)Nc1ccc(Cl)cc1. The maximum absolute atomic E-state index is 11.7. The van der Waals surface area contributed by atoms with Gasteiger partial charge in [-0.25, -0.2) is 4.79 Å². The Kier molecular flexibility index (Phi) is 7.08. The molecule has 0 aliphatic rings. The molecule has 0 heterocycles. The molecule has 0 aliphatic carbocycles. The molecule has 0 saturated heterocycles. The minimum Gasteiger partial charge on any atom is -0.338 e. The largest absolute Gasteiger partial charge is 0.338 e. The van der Waals surface area contributed by atoms with Crippen LogP contribution in [-0.2, 0) is 11.2 Å². The van der Waals surface area contributed by atoms with Crippen LogP contribution in [-0.4, -0.2) is 25.0 Å². The number of rotatable bonds is 6. The number of hydrogen-bond acceptors (Lipinski definition) is 2. The molecule has 3 N–H and O–H groups in total. The van der Waals surface area contributed by atoms with Gasteiger partial charge in [0.05, 0.1) is 6.54 Å². The molecule has 0 atom stereocenters. The standard InChI is InChI=1S/C17H17BrClN3O2/c18-15-4-2-1-3-12(15)9-10-20-17(24)21-11-16(23)22-14-7-5-13(19)6-8-14/h1-8H,9-11H2,(H,22,23)(H2,20,21,24). The Morgan fingerprint density at radius 1 is 1.00 bits per heavy atom. The molecular formula is C17H17BrClN3O2. The van der Waals surface area contributed by atoms with Gasteiger partial charge in [-0.3, -0.25) is 4.79 Å². The maximum atomic E-state index is 11.7. The fourth-order valence-electron chi connectivity index (χ4n) is 1.97. The van der Waals surface area contributed by atoms with Gasteiger partial charge in [-0.2, -0.15) is 0 Å². The number of nitrogens with one attached hydrogen (secondary N) is 3. The fraction of sp³-hybridized carbons (Fsp3) is 0.176. The molecule has 2 rings (SSSR count). The summed E-state index contributed by atoms with van der Waals surface area (Å²) in [5, 5.41) is 8.49. The Morgan fingerprint density at radius 2 is 1.71 bits per heavy atom. The lowest BCUT2D eigenvalue weighted by molar-refractivity contribution is -0.115. The summed E-state index contributed by atoms with van der Waals surface area (Å²) in [7, 11) is 0. The lowest BCUT2D eigenvalue weighted by Crippen LogP contribution is -2.40. The Balaban J connectivity index is 1.66. The summed E-state index contributed by atoms with van der Waals surface area (Å²) in [4.78, 5) is 23.4. The topological polar surface area (TPSA) is 70.2 Å². The summed E-state index contributed by atoms with van der Waals surface area (Å²) in [6.45, 7) is 0.372. The third kappa shape index (κ3) is 6.22. The molecule has 0 radical (unpaired) electrons. The summed E-state index contributed by atoms with van der Waals surface area (Å²) in [5.41, 5.74) is 1.74. The highest BCUT2D eigenvalue weighted by molar-refractivity contribution is 9.10. The van der Waals surface area contributed by atoms with Crippen molar-refractivity contribution in [1.29, 1.82) is 0 Å². The second kappa shape index (κ2) is 9.30. The number of carbonyl (C=O) groups is 2. The molecule has 0 bridgehead atoms. The van der Waals surface area contributed by atoms with Crippen molar-refractivity contribution >= 4 is 45.2 Å². The van der Waals surface area contributed by atoms with E-state index in [0.29, 0.717) is 23.7 Å². The number of benzene rings is 2. The Bertz CT molecular complexity index is 707. The first-order chi connectivity index (χ1) is 11.5. The summed E-state index contributed by atoms with van der Waals surface area (Å²) < 4.78 is 1.01. The van der Waals surface area contributed by atoms with Crippen molar-refractivity contribution in [2.75, 3.05) is 18.4 Å². The molecule has 2 aromatic carbocycles. The van der Waals surface area contributed by atoms with E-state index in [0.717, 1.165) is 10.0 Å². The number of urea groups is 1. The third-order valence-corrected chi connectivity index (χ3v) is 4.20. The second-order valence-corrected chi connectivity index (χ2v) is 6.30. The van der Waals surface area contributed by atoms with Crippen molar-refractivity contribution < 1.29 is 9.59 Å². The zero-order valence-corrected chi connectivity index (χ0v) is 15.2. The van der Waals surface area contributed by atoms with Gasteiger partial charge in [0.25, 0.3) is 0 Å². The lowest BCUT2D eigenvalue weighted by atomic mass is 10.1. The van der Waals surface area contributed by atoms with Crippen molar-refractivity contribution in [2.24, 2.45) is 0 Å². The molecule has 24 heavy (non-hydrogen) atoms. The number of hydrogen-bond donors (Lipinski definition) is 3. The lowest BCUT2D eigenvalue weighted by Gasteiger charge is -2.09. The summed E-state index contributed by atoms with van der Waals surface area (Å²) >= 11 is 9.23. The van der Waals surface area contributed by atoms with Crippen molar-refractivity contribution in [2.45, 2.75) is 6.42 Å². The van der Waals surface area contributed by atoms with Crippen molar-refractivity contribution in [1.82, 2.24) is 10.6 Å². The van der Waals surface area contributed by atoms with Gasteiger partial charge in [0, 0.05) is 21.7 Å². The van der Waals surface area contributed by atoms with Crippen LogP contribution in [0.4, 0.5) is 10.5 Å². The maximum Gasteiger partial charge on any atom is 0.315 e. The molecule has 0 saturated carbocycles. The van der Waals surface area contributed by atoms with E-state index in [1.54, 1.807) is 24.3 Å². The van der Waals surface area contributed by atoms with E-state index in [-0.39, 0.29) is 18.5 Å². The molecule has 0 unspecified atom stereocenters. The van der Waals surface area contributed by atoms with E-state index in [1.807, 2.05) is 24.3 Å². The van der Waals surface area contributed by atoms with Gasteiger partial charge in [0.1, 0.15) is 0 Å². The normalized spacial score (nSPS) is 10.1. The van der Waals surface area contributed by atoms with Gasteiger partial charge in [-0.15, -0.1) is 0 Å². The van der Waals surface area contributed by atoms with Crippen LogP contribution < -0.4 is 16.0 Å². The average Bonchev–Trinajstić information content (AvgIpc) is 2.57. The number of anilines is 1. The van der Waals surface area contributed by atoms with Crippen LogP contribution in [0, 0.1) is 0 Å². The van der Waals surface area contributed by atoms with E-state index < -0.39 is 0 Å². The highest BCUT2D eigenvalue weighted by Gasteiger charge is 2.06. The van der Waals surface area contributed by atoms with E-state index >= 15 is 0 Å². The van der Waals surface area contributed by atoms with Crippen LogP contribution in [0.1, 0.15) is 5.56 Å². The number of carbonyl (C=O) groups excluding carboxylic acids is 2. The Labute approximate surface area is 153 Å². The average molecular weight is 411 g/mol. The first-order valence-corrected chi connectivity index (χ1v) is 8.52. The van der Waals surface area contributed by atoms with E-state index in [4.69, 9.17) is 11.6 Å². The molecule has 7 heteroatoms.